The van der Waals surface area contributed by atoms with Gasteiger partial charge in [-0.25, -0.2) is 9.78 Å². The Morgan fingerprint density at radius 3 is 2.67 bits per heavy atom. The molecule has 7 heteroatoms. The van der Waals surface area contributed by atoms with Crippen LogP contribution in [0.4, 0.5) is 0 Å². The van der Waals surface area contributed by atoms with E-state index in [2.05, 4.69) is 20.9 Å². The van der Waals surface area contributed by atoms with Gasteiger partial charge >= 0.3 is 11.9 Å². The molecule has 112 valence electrons. The Bertz CT molecular complexity index is 679. The average molecular weight is 356 g/mol. The molecule has 0 aliphatic heterocycles. The van der Waals surface area contributed by atoms with Gasteiger partial charge in [0.15, 0.2) is 5.58 Å². The van der Waals surface area contributed by atoms with Crippen LogP contribution in [0, 0.1) is 0 Å². The molecule has 0 saturated heterocycles. The summed E-state index contributed by atoms with van der Waals surface area (Å²) < 4.78 is 15.9. The lowest BCUT2D eigenvalue weighted by atomic mass is 10.1. The highest BCUT2D eigenvalue weighted by Gasteiger charge is 2.24. The molecule has 0 aliphatic rings. The van der Waals surface area contributed by atoms with Gasteiger partial charge in [-0.15, -0.1) is 0 Å². The van der Waals surface area contributed by atoms with Gasteiger partial charge in [-0.1, -0.05) is 0 Å². The average Bonchev–Trinajstić information content (AvgIpc) is 2.78. The second-order valence-electron chi connectivity index (χ2n) is 4.12. The minimum absolute atomic E-state index is 0.0137. The van der Waals surface area contributed by atoms with E-state index < -0.39 is 11.9 Å². The normalized spacial score (nSPS) is 10.6. The highest BCUT2D eigenvalue weighted by atomic mass is 79.9. The van der Waals surface area contributed by atoms with Gasteiger partial charge in [0.05, 0.1) is 25.8 Å². The first-order chi connectivity index (χ1) is 10.1. The Morgan fingerprint density at radius 1 is 1.29 bits per heavy atom. The van der Waals surface area contributed by atoms with Gasteiger partial charge in [0, 0.05) is 10.9 Å². The lowest BCUT2D eigenvalue weighted by molar-refractivity contribution is -0.142. The molecule has 0 saturated carbocycles. The molecule has 0 unspecified atom stereocenters. The van der Waals surface area contributed by atoms with Crippen molar-refractivity contribution in [2.75, 3.05) is 13.2 Å². The standard InChI is InChI=1S/C14H14BrNO5/c1-3-19-12(17)6-9-8-5-11(15)16-7-10(8)21-13(9)14(18)20-4-2/h5,7H,3-4,6H2,1-2H3. The molecule has 0 bridgehead atoms. The van der Waals surface area contributed by atoms with E-state index in [0.29, 0.717) is 21.1 Å². The maximum Gasteiger partial charge on any atom is 0.374 e. The maximum absolute atomic E-state index is 12.0. The number of hydrogen-bond acceptors (Lipinski definition) is 6. The van der Waals surface area contributed by atoms with Crippen LogP contribution < -0.4 is 0 Å². The first kappa shape index (κ1) is 15.5. The van der Waals surface area contributed by atoms with E-state index in [1.54, 1.807) is 19.9 Å². The number of aromatic nitrogens is 1. The third-order valence-corrected chi connectivity index (χ3v) is 3.17. The van der Waals surface area contributed by atoms with Crippen molar-refractivity contribution in [3.8, 4) is 0 Å². The van der Waals surface area contributed by atoms with Crippen LogP contribution in [-0.4, -0.2) is 30.1 Å². The topological polar surface area (TPSA) is 78.6 Å². The first-order valence-corrected chi connectivity index (χ1v) is 7.25. The van der Waals surface area contributed by atoms with Crippen LogP contribution in [0.15, 0.2) is 21.3 Å². The monoisotopic (exact) mass is 355 g/mol. The van der Waals surface area contributed by atoms with Crippen molar-refractivity contribution in [1.29, 1.82) is 0 Å². The number of halogens is 1. The van der Waals surface area contributed by atoms with Crippen molar-refractivity contribution in [2.24, 2.45) is 0 Å². The highest BCUT2D eigenvalue weighted by Crippen LogP contribution is 2.28. The second kappa shape index (κ2) is 6.71. The number of rotatable bonds is 5. The van der Waals surface area contributed by atoms with Crippen LogP contribution in [0.2, 0.25) is 0 Å². The summed E-state index contributed by atoms with van der Waals surface area (Å²) >= 11 is 3.26. The van der Waals surface area contributed by atoms with E-state index in [4.69, 9.17) is 13.9 Å². The highest BCUT2D eigenvalue weighted by molar-refractivity contribution is 9.10. The van der Waals surface area contributed by atoms with Crippen molar-refractivity contribution in [1.82, 2.24) is 4.98 Å². The fourth-order valence-electron chi connectivity index (χ4n) is 1.92. The summed E-state index contributed by atoms with van der Waals surface area (Å²) in [5.41, 5.74) is 0.866. The minimum Gasteiger partial charge on any atom is -0.466 e. The Kier molecular flexibility index (Phi) is 4.95. The van der Waals surface area contributed by atoms with Gasteiger partial charge < -0.3 is 13.9 Å². The number of furan rings is 1. The van der Waals surface area contributed by atoms with Crippen molar-refractivity contribution in [2.45, 2.75) is 20.3 Å². The van der Waals surface area contributed by atoms with Crippen LogP contribution in [-0.2, 0) is 20.7 Å². The molecule has 2 aromatic heterocycles. The summed E-state index contributed by atoms with van der Waals surface area (Å²) in [7, 11) is 0. The molecule has 2 rings (SSSR count). The van der Waals surface area contributed by atoms with Gasteiger partial charge in [0.25, 0.3) is 0 Å². The number of fused-ring (bicyclic) bond motifs is 1. The van der Waals surface area contributed by atoms with E-state index in [0.717, 1.165) is 0 Å². The molecule has 0 aliphatic carbocycles. The molecule has 0 spiro atoms. The number of hydrogen-bond donors (Lipinski definition) is 0. The predicted octanol–water partition coefficient (Wildman–Crippen LogP) is 2.87. The van der Waals surface area contributed by atoms with E-state index in [1.165, 1.54) is 6.20 Å². The van der Waals surface area contributed by atoms with E-state index in [-0.39, 0.29) is 25.4 Å². The lowest BCUT2D eigenvalue weighted by Gasteiger charge is -2.03. The van der Waals surface area contributed by atoms with Crippen LogP contribution in [0.3, 0.4) is 0 Å². The minimum atomic E-state index is -0.607. The zero-order valence-electron chi connectivity index (χ0n) is 11.6. The molecule has 0 radical (unpaired) electrons. The van der Waals surface area contributed by atoms with Crippen molar-refractivity contribution in [3.05, 3.63) is 28.2 Å². The molecule has 6 nitrogen and oxygen atoms in total. The quantitative estimate of drug-likeness (QED) is 0.606. The number of carbonyl (C=O) groups excluding carboxylic acids is 2. The Morgan fingerprint density at radius 2 is 2.00 bits per heavy atom. The van der Waals surface area contributed by atoms with E-state index >= 15 is 0 Å². The summed E-state index contributed by atoms with van der Waals surface area (Å²) in [6.45, 7) is 3.91. The van der Waals surface area contributed by atoms with Gasteiger partial charge in [-0.2, -0.15) is 0 Å². The third-order valence-electron chi connectivity index (χ3n) is 2.73. The lowest BCUT2D eigenvalue weighted by Crippen LogP contribution is -2.12. The Labute approximate surface area is 129 Å². The molecule has 0 atom stereocenters. The molecular formula is C14H14BrNO5. The molecule has 2 aromatic rings. The van der Waals surface area contributed by atoms with Crippen molar-refractivity contribution in [3.63, 3.8) is 0 Å². The van der Waals surface area contributed by atoms with Crippen molar-refractivity contribution < 1.29 is 23.5 Å². The number of pyridine rings is 1. The summed E-state index contributed by atoms with van der Waals surface area (Å²) in [6.07, 6.45) is 1.42. The SMILES string of the molecule is CCOC(=O)Cc1c(C(=O)OCC)oc2cnc(Br)cc12. The second-order valence-corrected chi connectivity index (χ2v) is 4.93. The van der Waals surface area contributed by atoms with Crippen molar-refractivity contribution >= 4 is 38.8 Å². The Balaban J connectivity index is 2.50. The summed E-state index contributed by atoms with van der Waals surface area (Å²) in [6, 6.07) is 1.69. The molecular weight excluding hydrogens is 342 g/mol. The van der Waals surface area contributed by atoms with Crippen LogP contribution in [0.25, 0.3) is 11.0 Å². The summed E-state index contributed by atoms with van der Waals surface area (Å²) in [5, 5.41) is 0.632. The number of nitrogens with zero attached hydrogens (tertiary/aromatic N) is 1. The number of ether oxygens (including phenoxy) is 2. The van der Waals surface area contributed by atoms with Crippen LogP contribution in [0.5, 0.6) is 0 Å². The van der Waals surface area contributed by atoms with Gasteiger partial charge in [-0.05, 0) is 35.8 Å². The first-order valence-electron chi connectivity index (χ1n) is 6.46. The number of esters is 2. The van der Waals surface area contributed by atoms with Gasteiger partial charge in [0.2, 0.25) is 5.76 Å². The largest absolute Gasteiger partial charge is 0.466 e. The van der Waals surface area contributed by atoms with E-state index in [1.807, 2.05) is 0 Å². The molecule has 0 fully saturated rings. The molecule has 0 N–H and O–H groups in total. The molecule has 0 amide bonds. The third kappa shape index (κ3) is 3.41. The number of carbonyl (C=O) groups is 2. The van der Waals surface area contributed by atoms with E-state index in [9.17, 15) is 9.59 Å². The molecule has 2 heterocycles. The summed E-state index contributed by atoms with van der Waals surface area (Å²) in [5.74, 6) is -1.03. The van der Waals surface area contributed by atoms with Gasteiger partial charge in [-0.3, -0.25) is 4.79 Å². The summed E-state index contributed by atoms with van der Waals surface area (Å²) in [4.78, 5) is 27.7. The zero-order valence-corrected chi connectivity index (χ0v) is 13.2. The van der Waals surface area contributed by atoms with Gasteiger partial charge in [0.1, 0.15) is 4.60 Å². The maximum atomic E-state index is 12.0. The fourth-order valence-corrected chi connectivity index (χ4v) is 2.25. The van der Waals surface area contributed by atoms with Crippen LogP contribution in [0.1, 0.15) is 30.0 Å². The smallest absolute Gasteiger partial charge is 0.374 e. The fraction of sp³-hybridized carbons (Fsp3) is 0.357. The zero-order chi connectivity index (χ0) is 15.4. The molecule has 0 aromatic carbocycles. The predicted molar refractivity (Wildman–Crippen MR) is 78.0 cm³/mol. The Hall–Kier alpha value is -1.89. The molecule has 21 heavy (non-hydrogen) atoms. The van der Waals surface area contributed by atoms with Crippen LogP contribution >= 0.6 is 15.9 Å².